The lowest BCUT2D eigenvalue weighted by molar-refractivity contribution is 0.374. The van der Waals surface area contributed by atoms with Gasteiger partial charge in [0.1, 0.15) is 11.6 Å². The predicted molar refractivity (Wildman–Crippen MR) is 72.7 cm³/mol. The van der Waals surface area contributed by atoms with Crippen LogP contribution in [0.5, 0.6) is 5.75 Å². The highest BCUT2D eigenvalue weighted by Gasteiger charge is 2.15. The number of ether oxygens (including phenoxy) is 1. The molecule has 0 spiro atoms. The van der Waals surface area contributed by atoms with Crippen molar-refractivity contribution < 1.29 is 9.13 Å². The van der Waals surface area contributed by atoms with Gasteiger partial charge in [0.05, 0.1) is 7.11 Å². The Morgan fingerprint density at radius 3 is 2.67 bits per heavy atom. The van der Waals surface area contributed by atoms with E-state index in [0.29, 0.717) is 0 Å². The van der Waals surface area contributed by atoms with Crippen molar-refractivity contribution in [2.75, 3.05) is 27.2 Å². The third-order valence-corrected chi connectivity index (χ3v) is 2.86. The molecule has 3 nitrogen and oxygen atoms in total. The van der Waals surface area contributed by atoms with Crippen molar-refractivity contribution in [3.05, 3.63) is 29.6 Å². The first-order valence-corrected chi connectivity index (χ1v) is 6.20. The average molecular weight is 254 g/mol. The number of benzene rings is 1. The molecule has 1 aromatic rings. The van der Waals surface area contributed by atoms with Gasteiger partial charge in [-0.25, -0.2) is 4.39 Å². The van der Waals surface area contributed by atoms with E-state index in [0.717, 1.165) is 30.8 Å². The predicted octanol–water partition coefficient (Wildman–Crippen LogP) is 1.96. The van der Waals surface area contributed by atoms with Gasteiger partial charge in [-0.05, 0) is 57.6 Å². The van der Waals surface area contributed by atoms with Gasteiger partial charge in [0, 0.05) is 12.1 Å². The van der Waals surface area contributed by atoms with Gasteiger partial charge >= 0.3 is 0 Å². The van der Waals surface area contributed by atoms with Crippen LogP contribution in [0, 0.1) is 5.82 Å². The Balaban J connectivity index is 2.55. The van der Waals surface area contributed by atoms with E-state index in [1.165, 1.54) is 12.1 Å². The number of likely N-dealkylation sites (N-methyl/N-ethyl adjacent to an activating group) is 1. The molecule has 0 saturated carbocycles. The monoisotopic (exact) mass is 254 g/mol. The number of methoxy groups -OCH3 is 1. The zero-order valence-electron chi connectivity index (χ0n) is 11.6. The quantitative estimate of drug-likeness (QED) is 0.780. The van der Waals surface area contributed by atoms with Crippen LogP contribution in [-0.2, 0) is 6.42 Å². The molecule has 1 aromatic carbocycles. The Hall–Kier alpha value is -1.13. The summed E-state index contributed by atoms with van der Waals surface area (Å²) in [5.74, 6) is 0.518. The van der Waals surface area contributed by atoms with Crippen molar-refractivity contribution >= 4 is 0 Å². The van der Waals surface area contributed by atoms with Crippen molar-refractivity contribution in [2.45, 2.75) is 25.8 Å². The molecule has 0 aliphatic heterocycles. The van der Waals surface area contributed by atoms with Crippen molar-refractivity contribution in [1.82, 2.24) is 10.6 Å². The molecule has 0 radical (unpaired) electrons. The Bertz CT molecular complexity index is 380. The molecule has 0 saturated heterocycles. The van der Waals surface area contributed by atoms with Gasteiger partial charge in [-0.3, -0.25) is 0 Å². The molecule has 0 unspecified atom stereocenters. The van der Waals surface area contributed by atoms with Crippen LogP contribution in [0.15, 0.2) is 18.2 Å². The van der Waals surface area contributed by atoms with E-state index in [-0.39, 0.29) is 11.4 Å². The number of rotatable bonds is 7. The summed E-state index contributed by atoms with van der Waals surface area (Å²) in [6.07, 6.45) is 0.744. The second-order valence-electron chi connectivity index (χ2n) is 5.05. The van der Waals surface area contributed by atoms with E-state index in [4.69, 9.17) is 4.74 Å². The topological polar surface area (TPSA) is 33.3 Å². The minimum atomic E-state index is -0.222. The van der Waals surface area contributed by atoms with Crippen LogP contribution in [-0.4, -0.2) is 32.8 Å². The summed E-state index contributed by atoms with van der Waals surface area (Å²) in [7, 11) is 3.54. The Labute approximate surface area is 109 Å². The van der Waals surface area contributed by atoms with Crippen LogP contribution < -0.4 is 15.4 Å². The summed E-state index contributed by atoms with van der Waals surface area (Å²) in [5.41, 5.74) is 0.917. The Morgan fingerprint density at radius 2 is 2.06 bits per heavy atom. The highest BCUT2D eigenvalue weighted by molar-refractivity contribution is 5.34. The van der Waals surface area contributed by atoms with Crippen LogP contribution >= 0.6 is 0 Å². The summed E-state index contributed by atoms with van der Waals surface area (Å²) < 4.78 is 18.4. The SMILES string of the molecule is CNCC(C)(C)NCCc1cc(F)ccc1OC. The minimum Gasteiger partial charge on any atom is -0.496 e. The molecule has 1 rings (SSSR count). The van der Waals surface area contributed by atoms with Crippen LogP contribution in [0.2, 0.25) is 0 Å². The van der Waals surface area contributed by atoms with Gasteiger partial charge < -0.3 is 15.4 Å². The third-order valence-electron chi connectivity index (χ3n) is 2.86. The average Bonchev–Trinajstić information content (AvgIpc) is 2.29. The smallest absolute Gasteiger partial charge is 0.123 e. The van der Waals surface area contributed by atoms with E-state index in [9.17, 15) is 4.39 Å². The summed E-state index contributed by atoms with van der Waals surface area (Å²) in [5, 5.41) is 6.58. The second-order valence-corrected chi connectivity index (χ2v) is 5.05. The first-order chi connectivity index (χ1) is 8.48. The summed E-state index contributed by atoms with van der Waals surface area (Å²) in [4.78, 5) is 0. The van der Waals surface area contributed by atoms with Gasteiger partial charge in [0.15, 0.2) is 0 Å². The molecule has 18 heavy (non-hydrogen) atoms. The van der Waals surface area contributed by atoms with E-state index in [2.05, 4.69) is 24.5 Å². The molecular weight excluding hydrogens is 231 g/mol. The van der Waals surface area contributed by atoms with Gasteiger partial charge in [-0.1, -0.05) is 0 Å². The Morgan fingerprint density at radius 1 is 1.33 bits per heavy atom. The van der Waals surface area contributed by atoms with Crippen LogP contribution in [0.3, 0.4) is 0 Å². The third kappa shape index (κ3) is 4.63. The fourth-order valence-electron chi connectivity index (χ4n) is 1.98. The van der Waals surface area contributed by atoms with Crippen molar-refractivity contribution in [3.63, 3.8) is 0 Å². The molecular formula is C14H23FN2O. The van der Waals surface area contributed by atoms with Gasteiger partial charge in [0.2, 0.25) is 0 Å². The highest BCUT2D eigenvalue weighted by atomic mass is 19.1. The molecule has 0 atom stereocenters. The normalized spacial score (nSPS) is 11.6. The van der Waals surface area contributed by atoms with Crippen molar-refractivity contribution in [3.8, 4) is 5.75 Å². The molecule has 102 valence electrons. The maximum atomic E-state index is 13.2. The fraction of sp³-hybridized carbons (Fsp3) is 0.571. The lowest BCUT2D eigenvalue weighted by Crippen LogP contribution is -2.47. The molecule has 0 aromatic heterocycles. The van der Waals surface area contributed by atoms with E-state index in [1.54, 1.807) is 13.2 Å². The molecule has 2 N–H and O–H groups in total. The lowest BCUT2D eigenvalue weighted by atomic mass is 10.0. The second kappa shape index (κ2) is 6.71. The zero-order chi connectivity index (χ0) is 13.6. The molecule has 0 aliphatic rings. The van der Waals surface area contributed by atoms with Gasteiger partial charge in [0.25, 0.3) is 0 Å². The van der Waals surface area contributed by atoms with Crippen LogP contribution in [0.25, 0.3) is 0 Å². The maximum absolute atomic E-state index is 13.2. The van der Waals surface area contributed by atoms with E-state index < -0.39 is 0 Å². The molecule has 0 amide bonds. The van der Waals surface area contributed by atoms with Gasteiger partial charge in [-0.2, -0.15) is 0 Å². The number of halogens is 1. The standard InChI is InChI=1S/C14H23FN2O/c1-14(2,10-16-3)17-8-7-11-9-12(15)5-6-13(11)18-4/h5-6,9,16-17H,7-8,10H2,1-4H3. The molecule has 0 aliphatic carbocycles. The number of hydrogen-bond acceptors (Lipinski definition) is 3. The lowest BCUT2D eigenvalue weighted by Gasteiger charge is -2.26. The highest BCUT2D eigenvalue weighted by Crippen LogP contribution is 2.19. The minimum absolute atomic E-state index is 0.0231. The largest absolute Gasteiger partial charge is 0.496 e. The van der Waals surface area contributed by atoms with Crippen molar-refractivity contribution in [2.24, 2.45) is 0 Å². The zero-order valence-corrected chi connectivity index (χ0v) is 11.6. The Kier molecular flexibility index (Phi) is 5.56. The molecule has 4 heteroatoms. The molecule has 0 heterocycles. The maximum Gasteiger partial charge on any atom is 0.123 e. The first kappa shape index (κ1) is 14.9. The van der Waals surface area contributed by atoms with Crippen molar-refractivity contribution in [1.29, 1.82) is 0 Å². The fourth-order valence-corrected chi connectivity index (χ4v) is 1.98. The summed E-state index contributed by atoms with van der Waals surface area (Å²) in [6.45, 7) is 5.93. The van der Waals surface area contributed by atoms with Crippen LogP contribution in [0.4, 0.5) is 4.39 Å². The molecule has 0 fully saturated rings. The van der Waals surface area contributed by atoms with E-state index >= 15 is 0 Å². The first-order valence-electron chi connectivity index (χ1n) is 6.20. The summed E-state index contributed by atoms with van der Waals surface area (Å²) in [6, 6.07) is 4.62. The number of hydrogen-bond donors (Lipinski definition) is 2. The molecule has 0 bridgehead atoms. The number of nitrogens with one attached hydrogen (secondary N) is 2. The van der Waals surface area contributed by atoms with Crippen LogP contribution in [0.1, 0.15) is 19.4 Å². The van der Waals surface area contributed by atoms with Gasteiger partial charge in [-0.15, -0.1) is 0 Å². The van der Waals surface area contributed by atoms with E-state index in [1.807, 2.05) is 7.05 Å². The summed E-state index contributed by atoms with van der Waals surface area (Å²) >= 11 is 0.